The van der Waals surface area contributed by atoms with Gasteiger partial charge in [-0.25, -0.2) is 0 Å². The van der Waals surface area contributed by atoms with Crippen molar-refractivity contribution in [3.05, 3.63) is 59.2 Å². The predicted molar refractivity (Wildman–Crippen MR) is 90.3 cm³/mol. The van der Waals surface area contributed by atoms with E-state index in [2.05, 4.69) is 20.4 Å². The molecule has 1 aliphatic heterocycles. The molecular formula is C18H16N4O4. The van der Waals surface area contributed by atoms with E-state index in [4.69, 9.17) is 9.26 Å². The second-order valence-electron chi connectivity index (χ2n) is 5.93. The zero-order chi connectivity index (χ0) is 18.1. The monoisotopic (exact) mass is 352 g/mol. The predicted octanol–water partition coefficient (Wildman–Crippen LogP) is 1.80. The van der Waals surface area contributed by atoms with Crippen LogP contribution in [-0.4, -0.2) is 32.7 Å². The zero-order valence-electron chi connectivity index (χ0n) is 14.0. The molecule has 0 saturated heterocycles. The quantitative estimate of drug-likeness (QED) is 0.736. The van der Waals surface area contributed by atoms with E-state index in [0.717, 1.165) is 11.1 Å². The highest BCUT2D eigenvalue weighted by molar-refractivity contribution is 5.92. The number of rotatable bonds is 4. The number of amides is 1. The summed E-state index contributed by atoms with van der Waals surface area (Å²) < 4.78 is 10.7. The van der Waals surface area contributed by atoms with Gasteiger partial charge in [0.2, 0.25) is 11.7 Å². The van der Waals surface area contributed by atoms with E-state index < -0.39 is 0 Å². The Kier molecular flexibility index (Phi) is 4.10. The molecule has 0 fully saturated rings. The Bertz CT molecular complexity index is 969. The molecule has 0 aliphatic carbocycles. The first-order valence-corrected chi connectivity index (χ1v) is 8.08. The van der Waals surface area contributed by atoms with E-state index in [0.29, 0.717) is 29.6 Å². The van der Waals surface area contributed by atoms with Gasteiger partial charge in [-0.05, 0) is 23.8 Å². The van der Waals surface area contributed by atoms with Gasteiger partial charge in [-0.1, -0.05) is 17.3 Å². The van der Waals surface area contributed by atoms with Crippen LogP contribution in [0.2, 0.25) is 0 Å². The van der Waals surface area contributed by atoms with Crippen molar-refractivity contribution in [1.29, 1.82) is 0 Å². The minimum absolute atomic E-state index is 0.142. The highest BCUT2D eigenvalue weighted by Gasteiger charge is 2.27. The van der Waals surface area contributed by atoms with E-state index in [1.165, 1.54) is 6.20 Å². The van der Waals surface area contributed by atoms with Crippen molar-refractivity contribution in [2.45, 2.75) is 19.6 Å². The standard InChI is InChI=1S/C18H16N4O4/c1-10-20-17(22-26-10)12-2-3-13-15(9-25-16(13)7-12)21-18(24)14-6-11(8-23)4-5-19-14/h2-7,15,23H,8-9H2,1H3,(H,21,24). The number of benzene rings is 1. The number of hydrogen-bond acceptors (Lipinski definition) is 7. The number of nitrogens with zero attached hydrogens (tertiary/aromatic N) is 3. The van der Waals surface area contributed by atoms with Gasteiger partial charge in [-0.15, -0.1) is 0 Å². The molecule has 0 bridgehead atoms. The maximum Gasteiger partial charge on any atom is 0.270 e. The Morgan fingerprint density at radius 2 is 2.23 bits per heavy atom. The summed E-state index contributed by atoms with van der Waals surface area (Å²) in [5, 5.41) is 16.0. The maximum absolute atomic E-state index is 12.4. The van der Waals surface area contributed by atoms with Gasteiger partial charge < -0.3 is 19.7 Å². The molecular weight excluding hydrogens is 336 g/mol. The van der Waals surface area contributed by atoms with Crippen molar-refractivity contribution in [2.24, 2.45) is 0 Å². The zero-order valence-corrected chi connectivity index (χ0v) is 14.0. The number of nitrogens with one attached hydrogen (secondary N) is 1. The van der Waals surface area contributed by atoms with Crippen molar-refractivity contribution >= 4 is 5.91 Å². The van der Waals surface area contributed by atoms with Crippen molar-refractivity contribution in [3.8, 4) is 17.1 Å². The molecule has 1 amide bonds. The largest absolute Gasteiger partial charge is 0.491 e. The van der Waals surface area contributed by atoms with Crippen LogP contribution in [0.15, 0.2) is 41.1 Å². The van der Waals surface area contributed by atoms with Crippen LogP contribution >= 0.6 is 0 Å². The lowest BCUT2D eigenvalue weighted by molar-refractivity contribution is 0.0925. The van der Waals surface area contributed by atoms with Gasteiger partial charge in [0, 0.05) is 24.2 Å². The molecule has 0 spiro atoms. The van der Waals surface area contributed by atoms with E-state index in [9.17, 15) is 9.90 Å². The van der Waals surface area contributed by atoms with Gasteiger partial charge >= 0.3 is 0 Å². The van der Waals surface area contributed by atoms with Crippen molar-refractivity contribution in [3.63, 3.8) is 0 Å². The summed E-state index contributed by atoms with van der Waals surface area (Å²) in [6.07, 6.45) is 1.50. The Morgan fingerprint density at radius 3 is 3.00 bits per heavy atom. The van der Waals surface area contributed by atoms with Crippen LogP contribution in [0.1, 0.15) is 33.5 Å². The van der Waals surface area contributed by atoms with Gasteiger partial charge in [0.1, 0.15) is 18.1 Å². The number of fused-ring (bicyclic) bond motifs is 1. The second kappa shape index (κ2) is 6.57. The van der Waals surface area contributed by atoms with Crippen LogP contribution in [-0.2, 0) is 6.61 Å². The summed E-state index contributed by atoms with van der Waals surface area (Å²) in [5.74, 6) is 1.34. The first-order chi connectivity index (χ1) is 12.6. The van der Waals surface area contributed by atoms with Crippen molar-refractivity contribution in [1.82, 2.24) is 20.4 Å². The Balaban J connectivity index is 1.53. The van der Waals surface area contributed by atoms with Gasteiger partial charge in [-0.3, -0.25) is 9.78 Å². The van der Waals surface area contributed by atoms with Crippen LogP contribution in [0.4, 0.5) is 0 Å². The SMILES string of the molecule is Cc1nc(-c2ccc3c(c2)OCC3NC(=O)c2cc(CO)ccn2)no1. The molecule has 132 valence electrons. The third-order valence-corrected chi connectivity index (χ3v) is 4.13. The average Bonchev–Trinajstić information content (AvgIpc) is 3.28. The topological polar surface area (TPSA) is 110 Å². The molecule has 1 atom stereocenters. The van der Waals surface area contributed by atoms with Crippen LogP contribution in [0.25, 0.3) is 11.4 Å². The van der Waals surface area contributed by atoms with Crippen LogP contribution in [0, 0.1) is 6.92 Å². The van der Waals surface area contributed by atoms with Crippen molar-refractivity contribution < 1.29 is 19.2 Å². The summed E-state index contributed by atoms with van der Waals surface area (Å²) in [5.41, 5.74) is 2.54. The van der Waals surface area contributed by atoms with Gasteiger partial charge in [0.15, 0.2) is 0 Å². The summed E-state index contributed by atoms with van der Waals surface area (Å²) in [7, 11) is 0. The molecule has 3 aromatic rings. The molecule has 1 unspecified atom stereocenters. The minimum Gasteiger partial charge on any atom is -0.491 e. The summed E-state index contributed by atoms with van der Waals surface area (Å²) in [6.45, 7) is 1.91. The minimum atomic E-state index is -0.320. The lowest BCUT2D eigenvalue weighted by atomic mass is 10.1. The summed E-state index contributed by atoms with van der Waals surface area (Å²) in [6, 6.07) is 8.52. The Morgan fingerprint density at radius 1 is 1.35 bits per heavy atom. The fourth-order valence-electron chi connectivity index (χ4n) is 2.81. The molecule has 1 aliphatic rings. The molecule has 3 heterocycles. The van der Waals surface area contributed by atoms with E-state index in [1.807, 2.05) is 18.2 Å². The number of aliphatic hydroxyl groups is 1. The number of ether oxygens (including phenoxy) is 1. The molecule has 1 aromatic carbocycles. The third kappa shape index (κ3) is 3.02. The van der Waals surface area contributed by atoms with Gasteiger partial charge in [-0.2, -0.15) is 4.98 Å². The van der Waals surface area contributed by atoms with E-state index >= 15 is 0 Å². The molecule has 4 rings (SSSR count). The molecule has 2 aromatic heterocycles. The number of hydrogen-bond donors (Lipinski definition) is 2. The number of carbonyl (C=O) groups excluding carboxylic acids is 1. The van der Waals surface area contributed by atoms with Crippen LogP contribution in [0.3, 0.4) is 0 Å². The highest BCUT2D eigenvalue weighted by atomic mass is 16.5. The Labute approximate surface area is 148 Å². The molecule has 0 radical (unpaired) electrons. The fourth-order valence-corrected chi connectivity index (χ4v) is 2.81. The van der Waals surface area contributed by atoms with Crippen LogP contribution in [0.5, 0.6) is 5.75 Å². The molecule has 2 N–H and O–H groups in total. The number of aliphatic hydroxyl groups excluding tert-OH is 1. The second-order valence-corrected chi connectivity index (χ2v) is 5.93. The first-order valence-electron chi connectivity index (χ1n) is 8.08. The summed E-state index contributed by atoms with van der Waals surface area (Å²) >= 11 is 0. The number of pyridine rings is 1. The number of aromatic nitrogens is 3. The number of carbonyl (C=O) groups is 1. The first kappa shape index (κ1) is 16.2. The molecule has 8 heteroatoms. The normalized spacial score (nSPS) is 15.4. The lowest BCUT2D eigenvalue weighted by Gasteiger charge is -2.11. The van der Waals surface area contributed by atoms with Crippen molar-refractivity contribution in [2.75, 3.05) is 6.61 Å². The third-order valence-electron chi connectivity index (χ3n) is 4.13. The average molecular weight is 352 g/mol. The van der Waals surface area contributed by atoms with Gasteiger partial charge in [0.05, 0.1) is 12.6 Å². The fraction of sp³-hybridized carbons (Fsp3) is 0.222. The molecule has 8 nitrogen and oxygen atoms in total. The maximum atomic E-state index is 12.4. The number of aryl methyl sites for hydroxylation is 1. The smallest absolute Gasteiger partial charge is 0.270 e. The highest BCUT2D eigenvalue weighted by Crippen LogP contribution is 2.35. The van der Waals surface area contributed by atoms with Gasteiger partial charge in [0.25, 0.3) is 5.91 Å². The van der Waals surface area contributed by atoms with Crippen LogP contribution < -0.4 is 10.1 Å². The Hall–Kier alpha value is -3.26. The van der Waals surface area contributed by atoms with E-state index in [1.54, 1.807) is 19.1 Å². The lowest BCUT2D eigenvalue weighted by Crippen LogP contribution is -2.30. The molecule has 26 heavy (non-hydrogen) atoms. The molecule has 0 saturated carbocycles. The van der Waals surface area contributed by atoms with E-state index in [-0.39, 0.29) is 24.2 Å². The summed E-state index contributed by atoms with van der Waals surface area (Å²) in [4.78, 5) is 20.7.